The van der Waals surface area contributed by atoms with E-state index in [1.54, 1.807) is 19.2 Å². The molecule has 3 heterocycles. The lowest BCUT2D eigenvalue weighted by molar-refractivity contribution is -0.124. The lowest BCUT2D eigenvalue weighted by atomic mass is 9.90. The summed E-state index contributed by atoms with van der Waals surface area (Å²) in [6.07, 6.45) is 11.6. The summed E-state index contributed by atoms with van der Waals surface area (Å²) in [7, 11) is 1.61. The van der Waals surface area contributed by atoms with Gasteiger partial charge in [0.1, 0.15) is 17.6 Å². The van der Waals surface area contributed by atoms with E-state index < -0.39 is 11.9 Å². The van der Waals surface area contributed by atoms with Crippen LogP contribution in [0.4, 0.5) is 4.39 Å². The molecule has 8 nitrogen and oxygen atoms in total. The van der Waals surface area contributed by atoms with Crippen LogP contribution < -0.4 is 10.9 Å². The van der Waals surface area contributed by atoms with E-state index in [9.17, 15) is 14.4 Å². The molecule has 9 heteroatoms. The zero-order chi connectivity index (χ0) is 30.1. The van der Waals surface area contributed by atoms with E-state index in [0.717, 1.165) is 57.5 Å². The van der Waals surface area contributed by atoms with Crippen LogP contribution in [0, 0.1) is 23.1 Å². The first-order valence-corrected chi connectivity index (χ1v) is 16.1. The number of hydrogen-bond acceptors (Lipinski definition) is 6. The Morgan fingerprint density at radius 3 is 2.70 bits per heavy atom. The second-order valence-electron chi connectivity index (χ2n) is 13.1. The number of pyridine rings is 1. The van der Waals surface area contributed by atoms with E-state index >= 15 is 4.39 Å². The van der Waals surface area contributed by atoms with Crippen molar-refractivity contribution in [3.63, 3.8) is 0 Å². The highest BCUT2D eigenvalue weighted by Crippen LogP contribution is 2.59. The van der Waals surface area contributed by atoms with Crippen LogP contribution in [0.2, 0.25) is 0 Å². The Kier molecular flexibility index (Phi) is 8.54. The van der Waals surface area contributed by atoms with E-state index in [4.69, 9.17) is 4.42 Å². The van der Waals surface area contributed by atoms with Crippen molar-refractivity contribution in [3.8, 4) is 11.3 Å². The van der Waals surface area contributed by atoms with Gasteiger partial charge in [0, 0.05) is 38.4 Å². The van der Waals surface area contributed by atoms with Crippen LogP contribution in [0.1, 0.15) is 89.5 Å². The van der Waals surface area contributed by atoms with Crippen molar-refractivity contribution in [3.05, 3.63) is 52.5 Å². The molecule has 2 aliphatic carbocycles. The minimum atomic E-state index is -0.509. The van der Waals surface area contributed by atoms with Gasteiger partial charge in [-0.1, -0.05) is 19.8 Å². The summed E-state index contributed by atoms with van der Waals surface area (Å²) in [5.74, 6) is 1.35. The number of Topliss-reactive ketones (excluding diaryl/α,β-unsaturated/α-hetero) is 1. The Labute approximate surface area is 252 Å². The fourth-order valence-corrected chi connectivity index (χ4v) is 6.83. The Morgan fingerprint density at radius 1 is 1.16 bits per heavy atom. The summed E-state index contributed by atoms with van der Waals surface area (Å²) in [5, 5.41) is 3.96. The molecule has 1 aliphatic heterocycles. The summed E-state index contributed by atoms with van der Waals surface area (Å²) in [5.41, 5.74) is 0.662. The number of fused-ring (bicyclic) bond motifs is 1. The molecule has 43 heavy (non-hydrogen) atoms. The summed E-state index contributed by atoms with van der Waals surface area (Å²) in [6.45, 7) is 5.25. The molecule has 0 bridgehead atoms. The number of unbranched alkanes of at least 4 members (excludes halogenated alkanes) is 2. The third-order valence-electron chi connectivity index (χ3n) is 10.0. The SMILES string of the molecule is CCC(=O)CCCCC[C@H](NC(=O)[C@H]1CC12CCN(CC1CC1)CC2)c1ncc(-c2cc3ccc(=O)n(C)c3cc2F)o1. The van der Waals surface area contributed by atoms with Gasteiger partial charge in [-0.25, -0.2) is 9.37 Å². The number of rotatable bonds is 13. The molecular formula is C34H43FN4O4. The van der Waals surface area contributed by atoms with Crippen LogP contribution in [-0.2, 0) is 16.6 Å². The zero-order valence-corrected chi connectivity index (χ0v) is 25.4. The number of likely N-dealkylation sites (tertiary alicyclic amines) is 1. The van der Waals surface area contributed by atoms with Crippen LogP contribution >= 0.6 is 0 Å². The van der Waals surface area contributed by atoms with Gasteiger partial charge in [-0.3, -0.25) is 14.4 Å². The monoisotopic (exact) mass is 590 g/mol. The number of halogens is 1. The summed E-state index contributed by atoms with van der Waals surface area (Å²) < 4.78 is 22.8. The molecule has 2 aromatic heterocycles. The third-order valence-corrected chi connectivity index (χ3v) is 10.0. The predicted molar refractivity (Wildman–Crippen MR) is 163 cm³/mol. The van der Waals surface area contributed by atoms with Crippen LogP contribution in [0.25, 0.3) is 22.2 Å². The number of carbonyl (C=O) groups is 2. The second kappa shape index (κ2) is 12.3. The molecule has 0 radical (unpaired) electrons. The first-order valence-electron chi connectivity index (χ1n) is 16.1. The highest BCUT2D eigenvalue weighted by molar-refractivity contribution is 5.84. The number of ketones is 1. The van der Waals surface area contributed by atoms with Crippen molar-refractivity contribution in [2.45, 2.75) is 83.6 Å². The van der Waals surface area contributed by atoms with Gasteiger partial charge < -0.3 is 19.2 Å². The third kappa shape index (κ3) is 6.61. The van der Waals surface area contributed by atoms with Crippen molar-refractivity contribution in [2.24, 2.45) is 24.3 Å². The minimum absolute atomic E-state index is 0.0132. The highest BCUT2D eigenvalue weighted by Gasteiger charge is 2.58. The summed E-state index contributed by atoms with van der Waals surface area (Å²) in [6, 6.07) is 5.70. The lowest BCUT2D eigenvalue weighted by Crippen LogP contribution is -2.38. The van der Waals surface area contributed by atoms with Crippen molar-refractivity contribution in [1.82, 2.24) is 19.8 Å². The first-order chi connectivity index (χ1) is 20.8. The maximum Gasteiger partial charge on any atom is 0.250 e. The molecule has 2 saturated carbocycles. The van der Waals surface area contributed by atoms with E-state index in [1.165, 1.54) is 42.3 Å². The van der Waals surface area contributed by atoms with E-state index in [1.807, 2.05) is 6.92 Å². The van der Waals surface area contributed by atoms with Gasteiger partial charge in [0.2, 0.25) is 11.8 Å². The molecule has 2 atom stereocenters. The number of amides is 1. The van der Waals surface area contributed by atoms with Crippen LogP contribution in [-0.4, -0.2) is 45.8 Å². The molecule has 3 fully saturated rings. The Balaban J connectivity index is 1.15. The number of nitrogens with one attached hydrogen (secondary N) is 1. The van der Waals surface area contributed by atoms with Crippen LogP contribution in [0.3, 0.4) is 0 Å². The second-order valence-corrected chi connectivity index (χ2v) is 13.1. The lowest BCUT2D eigenvalue weighted by Gasteiger charge is -2.33. The quantitative estimate of drug-likeness (QED) is 0.248. The number of hydrogen-bond donors (Lipinski definition) is 1. The molecule has 1 spiro atoms. The molecule has 3 aromatic rings. The standard InChI is InChI=1S/C34H43FN4O4/c1-3-24(40)7-5-4-6-8-28(37-32(42)26-19-34(26)13-15-39(16-14-34)21-22-9-10-22)33-36-20-30(43-33)25-17-23-11-12-31(41)38(2)29(23)18-27(25)35/h11-12,17-18,20,22,26,28H,3-10,13-16,19,21H2,1-2H3,(H,37,42)/t26-,28+/m1/s1. The van der Waals surface area contributed by atoms with Gasteiger partial charge in [0.25, 0.3) is 5.56 Å². The number of oxazole rings is 1. The molecule has 3 aliphatic rings. The van der Waals surface area contributed by atoms with Gasteiger partial charge in [-0.2, -0.15) is 0 Å². The van der Waals surface area contributed by atoms with Crippen molar-refractivity contribution in [2.75, 3.05) is 19.6 Å². The van der Waals surface area contributed by atoms with Gasteiger partial charge in [0.15, 0.2) is 5.76 Å². The number of aromatic nitrogens is 2. The minimum Gasteiger partial charge on any atom is -0.438 e. The van der Waals surface area contributed by atoms with Crippen molar-refractivity contribution in [1.29, 1.82) is 0 Å². The van der Waals surface area contributed by atoms with Gasteiger partial charge in [0.05, 0.1) is 17.3 Å². The predicted octanol–water partition coefficient (Wildman–Crippen LogP) is 5.93. The summed E-state index contributed by atoms with van der Waals surface area (Å²) >= 11 is 0. The molecule has 0 unspecified atom stereocenters. The van der Waals surface area contributed by atoms with Crippen LogP contribution in [0.15, 0.2) is 39.7 Å². The maximum absolute atomic E-state index is 15.2. The summed E-state index contributed by atoms with van der Waals surface area (Å²) in [4.78, 5) is 44.4. The molecule has 1 N–H and O–H groups in total. The smallest absolute Gasteiger partial charge is 0.250 e. The molecule has 1 aromatic carbocycles. The van der Waals surface area contributed by atoms with Crippen LogP contribution in [0.5, 0.6) is 0 Å². The molecule has 1 saturated heterocycles. The molecular weight excluding hydrogens is 547 g/mol. The number of carbonyl (C=O) groups excluding carboxylic acids is 2. The fourth-order valence-electron chi connectivity index (χ4n) is 6.83. The normalized spacial score (nSPS) is 20.4. The number of piperidine rings is 1. The Hall–Kier alpha value is -3.33. The fraction of sp³-hybridized carbons (Fsp3) is 0.588. The van der Waals surface area contributed by atoms with E-state index in [2.05, 4.69) is 15.2 Å². The molecule has 6 rings (SSSR count). The topological polar surface area (TPSA) is 97.4 Å². The first kappa shape index (κ1) is 29.7. The highest BCUT2D eigenvalue weighted by atomic mass is 19.1. The maximum atomic E-state index is 15.2. The van der Waals surface area contributed by atoms with Crippen molar-refractivity contribution >= 4 is 22.6 Å². The average Bonchev–Trinajstić information content (AvgIpc) is 3.91. The van der Waals surface area contributed by atoms with Gasteiger partial charge in [-0.05, 0) is 93.0 Å². The van der Waals surface area contributed by atoms with Gasteiger partial charge >= 0.3 is 0 Å². The van der Waals surface area contributed by atoms with Gasteiger partial charge in [-0.15, -0.1) is 0 Å². The Morgan fingerprint density at radius 2 is 1.95 bits per heavy atom. The largest absolute Gasteiger partial charge is 0.438 e. The average molecular weight is 591 g/mol. The van der Waals surface area contributed by atoms with E-state index in [0.29, 0.717) is 36.1 Å². The number of benzene rings is 1. The Bertz CT molecular complexity index is 1550. The van der Waals surface area contributed by atoms with E-state index in [-0.39, 0.29) is 39.9 Å². The zero-order valence-electron chi connectivity index (χ0n) is 25.4. The molecule has 1 amide bonds. The molecule has 230 valence electrons. The number of aryl methyl sites for hydroxylation is 1. The number of nitrogens with zero attached hydrogens (tertiary/aromatic N) is 3. The van der Waals surface area contributed by atoms with Crippen molar-refractivity contribution < 1.29 is 18.4 Å².